The van der Waals surface area contributed by atoms with Crippen molar-refractivity contribution in [2.75, 3.05) is 14.2 Å². The van der Waals surface area contributed by atoms with Gasteiger partial charge in [-0.15, -0.1) is 0 Å². The van der Waals surface area contributed by atoms with Gasteiger partial charge in [-0.1, -0.05) is 11.6 Å². The van der Waals surface area contributed by atoms with Gasteiger partial charge in [-0.05, 0) is 44.2 Å². The van der Waals surface area contributed by atoms with Gasteiger partial charge in [0.25, 0.3) is 5.56 Å². The third kappa shape index (κ3) is 4.62. The summed E-state index contributed by atoms with van der Waals surface area (Å²) in [6, 6.07) is 6.00. The topological polar surface area (TPSA) is 47.4 Å². The molecule has 27 heavy (non-hydrogen) atoms. The average Bonchev–Trinajstić information content (AvgIpc) is 3.40. The van der Waals surface area contributed by atoms with Crippen molar-refractivity contribution in [2.24, 2.45) is 0 Å². The molecule has 1 saturated carbocycles. The minimum atomic E-state index is -4.71. The fraction of sp³-hybridized carbons (Fsp3) is 0.444. The van der Waals surface area contributed by atoms with Crippen molar-refractivity contribution >= 4 is 11.6 Å². The molecule has 0 N–H and O–H groups in total. The van der Waals surface area contributed by atoms with Crippen molar-refractivity contribution in [2.45, 2.75) is 38.1 Å². The molecule has 1 aromatic heterocycles. The maximum absolute atomic E-state index is 13.2. The molecular weight excluding hydrogens is 383 g/mol. The first-order valence-corrected chi connectivity index (χ1v) is 8.77. The van der Waals surface area contributed by atoms with Crippen LogP contribution in [-0.4, -0.2) is 28.8 Å². The first kappa shape index (κ1) is 19.7. The zero-order valence-corrected chi connectivity index (χ0v) is 15.6. The van der Waals surface area contributed by atoms with Crippen molar-refractivity contribution in [1.29, 1.82) is 0 Å². The van der Waals surface area contributed by atoms with Crippen LogP contribution in [0.5, 0.6) is 5.75 Å². The van der Waals surface area contributed by atoms with E-state index in [1.165, 1.54) is 7.11 Å². The van der Waals surface area contributed by atoms with Crippen LogP contribution in [0.3, 0.4) is 0 Å². The van der Waals surface area contributed by atoms with E-state index < -0.39 is 17.3 Å². The minimum absolute atomic E-state index is 0.00344. The number of ether oxygens (including phenoxy) is 1. The quantitative estimate of drug-likeness (QED) is 0.736. The highest BCUT2D eigenvalue weighted by atomic mass is 35.5. The predicted molar refractivity (Wildman–Crippen MR) is 94.9 cm³/mol. The summed E-state index contributed by atoms with van der Waals surface area (Å²) in [5.41, 5.74) is -1.24. The molecule has 1 aliphatic rings. The van der Waals surface area contributed by atoms with Crippen LogP contribution in [0, 0.1) is 0 Å². The van der Waals surface area contributed by atoms with Crippen LogP contribution in [0.25, 0.3) is 0 Å². The van der Waals surface area contributed by atoms with E-state index in [2.05, 4.69) is 5.10 Å². The standard InChI is InChI=1S/C18H19ClF3N3O2/c1-24(9-12-7-13(19)5-6-16(12)27-2)10-25-17(26)14(18(20,21)22)8-15(23-25)11-3-4-11/h5-8,11H,3-4,9-10H2,1-2H3. The molecule has 1 fully saturated rings. The van der Waals surface area contributed by atoms with Gasteiger partial charge in [0, 0.05) is 23.0 Å². The van der Waals surface area contributed by atoms with Gasteiger partial charge < -0.3 is 4.74 Å². The first-order valence-electron chi connectivity index (χ1n) is 8.39. The maximum atomic E-state index is 13.2. The lowest BCUT2D eigenvalue weighted by Crippen LogP contribution is -2.36. The Morgan fingerprint density at radius 2 is 2.04 bits per heavy atom. The first-order chi connectivity index (χ1) is 12.7. The smallest absolute Gasteiger partial charge is 0.421 e. The van der Waals surface area contributed by atoms with E-state index in [1.54, 1.807) is 30.1 Å². The molecule has 0 radical (unpaired) electrons. The Morgan fingerprint density at radius 3 is 2.63 bits per heavy atom. The predicted octanol–water partition coefficient (Wildman–Crippen LogP) is 3.89. The van der Waals surface area contributed by atoms with Gasteiger partial charge in [-0.2, -0.15) is 18.3 Å². The van der Waals surface area contributed by atoms with E-state index in [1.807, 2.05) is 0 Å². The second-order valence-electron chi connectivity index (χ2n) is 6.67. The third-order valence-electron chi connectivity index (χ3n) is 4.35. The summed E-state index contributed by atoms with van der Waals surface area (Å²) in [5, 5.41) is 4.67. The Balaban J connectivity index is 1.87. The monoisotopic (exact) mass is 401 g/mol. The van der Waals surface area contributed by atoms with Crippen LogP contribution in [0.1, 0.15) is 35.6 Å². The highest BCUT2D eigenvalue weighted by Crippen LogP contribution is 2.40. The number of hydrogen-bond donors (Lipinski definition) is 0. The molecule has 2 aromatic rings. The Labute approximate surface area is 159 Å². The molecule has 3 rings (SSSR count). The average molecular weight is 402 g/mol. The molecule has 0 aliphatic heterocycles. The third-order valence-corrected chi connectivity index (χ3v) is 4.59. The van der Waals surface area contributed by atoms with Crippen molar-refractivity contribution < 1.29 is 17.9 Å². The zero-order chi connectivity index (χ0) is 19.8. The molecule has 0 atom stereocenters. The van der Waals surface area contributed by atoms with E-state index in [0.717, 1.165) is 29.2 Å². The summed E-state index contributed by atoms with van der Waals surface area (Å²) in [5.74, 6) is 0.602. The van der Waals surface area contributed by atoms with Crippen molar-refractivity contribution in [1.82, 2.24) is 14.7 Å². The highest BCUT2D eigenvalue weighted by molar-refractivity contribution is 6.30. The van der Waals surface area contributed by atoms with E-state index in [4.69, 9.17) is 16.3 Å². The molecule has 0 saturated heterocycles. The molecule has 1 aliphatic carbocycles. The van der Waals surface area contributed by atoms with E-state index in [0.29, 0.717) is 23.0 Å². The molecule has 0 bridgehead atoms. The Morgan fingerprint density at radius 1 is 1.33 bits per heavy atom. The molecule has 1 heterocycles. The molecule has 146 valence electrons. The largest absolute Gasteiger partial charge is 0.496 e. The van der Waals surface area contributed by atoms with Gasteiger partial charge in [-0.3, -0.25) is 9.69 Å². The summed E-state index contributed by atoms with van der Waals surface area (Å²) in [7, 11) is 3.21. The lowest BCUT2D eigenvalue weighted by atomic mass is 10.2. The molecule has 0 unspecified atom stereocenters. The number of aromatic nitrogens is 2. The van der Waals surface area contributed by atoms with Crippen LogP contribution in [-0.2, 0) is 19.4 Å². The maximum Gasteiger partial charge on any atom is 0.421 e. The summed E-state index contributed by atoms with van der Waals surface area (Å²) in [6.45, 7) is 0.241. The molecular formula is C18H19ClF3N3O2. The van der Waals surface area contributed by atoms with Gasteiger partial charge in [-0.25, -0.2) is 4.68 Å². The van der Waals surface area contributed by atoms with Gasteiger partial charge in [0.2, 0.25) is 0 Å². The van der Waals surface area contributed by atoms with E-state index in [9.17, 15) is 18.0 Å². The molecule has 5 nitrogen and oxygen atoms in total. The van der Waals surface area contributed by atoms with Gasteiger partial charge in [0.05, 0.1) is 19.5 Å². The summed E-state index contributed by atoms with van der Waals surface area (Å²) >= 11 is 6.01. The SMILES string of the molecule is COc1ccc(Cl)cc1CN(C)Cn1nc(C2CC2)cc(C(F)(F)F)c1=O. The summed E-state index contributed by atoms with van der Waals surface area (Å²) in [4.78, 5) is 14.0. The van der Waals surface area contributed by atoms with Crippen LogP contribution < -0.4 is 10.3 Å². The minimum Gasteiger partial charge on any atom is -0.496 e. The fourth-order valence-corrected chi connectivity index (χ4v) is 3.07. The number of nitrogens with zero attached hydrogens (tertiary/aromatic N) is 3. The van der Waals surface area contributed by atoms with Gasteiger partial charge >= 0.3 is 6.18 Å². The number of benzene rings is 1. The fourth-order valence-electron chi connectivity index (χ4n) is 2.88. The number of alkyl halides is 3. The lowest BCUT2D eigenvalue weighted by Gasteiger charge is -2.20. The zero-order valence-electron chi connectivity index (χ0n) is 14.9. The normalized spacial score (nSPS) is 14.6. The van der Waals surface area contributed by atoms with Gasteiger partial charge in [0.1, 0.15) is 11.3 Å². The second kappa shape index (κ2) is 7.52. The molecule has 9 heteroatoms. The second-order valence-corrected chi connectivity index (χ2v) is 7.11. The van der Waals surface area contributed by atoms with Gasteiger partial charge in [0.15, 0.2) is 0 Å². The van der Waals surface area contributed by atoms with Crippen molar-refractivity contribution in [3.05, 3.63) is 56.5 Å². The van der Waals surface area contributed by atoms with Crippen molar-refractivity contribution in [3.63, 3.8) is 0 Å². The van der Waals surface area contributed by atoms with Crippen LogP contribution in [0.15, 0.2) is 29.1 Å². The lowest BCUT2D eigenvalue weighted by molar-refractivity contribution is -0.139. The van der Waals surface area contributed by atoms with Crippen LogP contribution in [0.4, 0.5) is 13.2 Å². The van der Waals surface area contributed by atoms with E-state index in [-0.39, 0.29) is 12.6 Å². The Hall–Kier alpha value is -2.06. The molecule has 0 spiro atoms. The molecule has 1 aromatic carbocycles. The van der Waals surface area contributed by atoms with Crippen LogP contribution in [0.2, 0.25) is 5.02 Å². The van der Waals surface area contributed by atoms with E-state index >= 15 is 0 Å². The van der Waals surface area contributed by atoms with Crippen LogP contribution >= 0.6 is 11.6 Å². The number of rotatable bonds is 6. The highest BCUT2D eigenvalue weighted by Gasteiger charge is 2.37. The summed E-state index contributed by atoms with van der Waals surface area (Å²) in [6.07, 6.45) is -3.13. The Bertz CT molecular complexity index is 894. The summed E-state index contributed by atoms with van der Waals surface area (Å²) < 4.78 is 45.9. The molecule has 0 amide bonds. The Kier molecular flexibility index (Phi) is 5.48. The number of methoxy groups -OCH3 is 1. The number of halogens is 4. The number of hydrogen-bond acceptors (Lipinski definition) is 4. The van der Waals surface area contributed by atoms with Crippen molar-refractivity contribution in [3.8, 4) is 5.75 Å².